The van der Waals surface area contributed by atoms with E-state index in [2.05, 4.69) is 4.98 Å². The number of nitrogen functional groups attached to an aromatic ring is 1. The van der Waals surface area contributed by atoms with E-state index in [1.165, 1.54) is 10.6 Å². The summed E-state index contributed by atoms with van der Waals surface area (Å²) in [6.45, 7) is 3.82. The van der Waals surface area contributed by atoms with Crippen LogP contribution in [0.2, 0.25) is 0 Å². The second-order valence-electron chi connectivity index (χ2n) is 2.99. The fourth-order valence-corrected chi connectivity index (χ4v) is 1.16. The van der Waals surface area contributed by atoms with Gasteiger partial charge in [-0.25, -0.2) is 4.79 Å². The van der Waals surface area contributed by atoms with Gasteiger partial charge in [0.05, 0.1) is 0 Å². The number of nitrogens with two attached hydrogens (primary N) is 1. The second-order valence-corrected chi connectivity index (χ2v) is 2.99. The molecule has 1 aromatic rings. The third-order valence-corrected chi connectivity index (χ3v) is 2.04. The number of nitrogens with one attached hydrogen (secondary N) is 1. The molecular weight excluding hydrogens is 170 g/mol. The lowest BCUT2D eigenvalue weighted by atomic mass is 10.2. The molecule has 1 heterocycles. The summed E-state index contributed by atoms with van der Waals surface area (Å²) < 4.78 is 1.38. The van der Waals surface area contributed by atoms with E-state index in [0.29, 0.717) is 0 Å². The maximum absolute atomic E-state index is 11.3. The Morgan fingerprint density at radius 3 is 2.69 bits per heavy atom. The molecule has 0 spiro atoms. The highest BCUT2D eigenvalue weighted by Gasteiger charge is 2.08. The maximum atomic E-state index is 11.3. The van der Waals surface area contributed by atoms with Crippen LogP contribution in [0.25, 0.3) is 0 Å². The number of aromatic amines is 1. The van der Waals surface area contributed by atoms with E-state index in [-0.39, 0.29) is 11.9 Å². The zero-order chi connectivity index (χ0) is 10.0. The average Bonchev–Trinajstić information content (AvgIpc) is 2.02. The molecular formula is C8H13N3O2. The van der Waals surface area contributed by atoms with Gasteiger partial charge >= 0.3 is 5.69 Å². The largest absolute Gasteiger partial charge is 0.385 e. The Morgan fingerprint density at radius 2 is 2.23 bits per heavy atom. The first-order valence-electron chi connectivity index (χ1n) is 4.17. The molecule has 1 unspecified atom stereocenters. The predicted octanol–water partition coefficient (Wildman–Crippen LogP) is 0.0898. The number of hydrogen-bond donors (Lipinski definition) is 2. The molecule has 13 heavy (non-hydrogen) atoms. The lowest BCUT2D eigenvalue weighted by molar-refractivity contribution is 0.510. The SMILES string of the molecule is CCC(C)n1c(N)cc(=O)[nH]c1=O. The molecule has 1 aromatic heterocycles. The van der Waals surface area contributed by atoms with Gasteiger partial charge in [-0.3, -0.25) is 14.3 Å². The number of aromatic nitrogens is 2. The summed E-state index contributed by atoms with van der Waals surface area (Å²) in [7, 11) is 0. The lowest BCUT2D eigenvalue weighted by Crippen LogP contribution is -2.32. The minimum atomic E-state index is -0.456. The van der Waals surface area contributed by atoms with Gasteiger partial charge in [-0.15, -0.1) is 0 Å². The molecule has 0 radical (unpaired) electrons. The van der Waals surface area contributed by atoms with Crippen molar-refractivity contribution in [2.45, 2.75) is 26.3 Å². The van der Waals surface area contributed by atoms with Crippen molar-refractivity contribution in [3.8, 4) is 0 Å². The molecule has 0 bridgehead atoms. The van der Waals surface area contributed by atoms with Gasteiger partial charge in [-0.05, 0) is 13.3 Å². The van der Waals surface area contributed by atoms with Crippen LogP contribution in [0.1, 0.15) is 26.3 Å². The number of hydrogen-bond acceptors (Lipinski definition) is 3. The first-order valence-corrected chi connectivity index (χ1v) is 4.17. The summed E-state index contributed by atoms with van der Waals surface area (Å²) in [6, 6.07) is 1.22. The summed E-state index contributed by atoms with van der Waals surface area (Å²) in [5.41, 5.74) is 4.64. The van der Waals surface area contributed by atoms with Crippen molar-refractivity contribution in [3.63, 3.8) is 0 Å². The average molecular weight is 183 g/mol. The molecule has 0 aliphatic carbocycles. The van der Waals surface area contributed by atoms with Gasteiger partial charge in [-0.2, -0.15) is 0 Å². The predicted molar refractivity (Wildman–Crippen MR) is 50.7 cm³/mol. The first-order chi connectivity index (χ1) is 6.06. The summed E-state index contributed by atoms with van der Waals surface area (Å²) in [5, 5.41) is 0. The highest BCUT2D eigenvalue weighted by atomic mass is 16.2. The van der Waals surface area contributed by atoms with E-state index in [9.17, 15) is 9.59 Å². The van der Waals surface area contributed by atoms with Crippen LogP contribution in [0, 0.1) is 0 Å². The van der Waals surface area contributed by atoms with E-state index >= 15 is 0 Å². The first kappa shape index (κ1) is 9.57. The smallest absolute Gasteiger partial charge is 0.330 e. The van der Waals surface area contributed by atoms with Crippen LogP contribution in [-0.4, -0.2) is 9.55 Å². The molecule has 0 aromatic carbocycles. The quantitative estimate of drug-likeness (QED) is 0.681. The van der Waals surface area contributed by atoms with Gasteiger partial charge in [0.25, 0.3) is 5.56 Å². The van der Waals surface area contributed by atoms with Crippen LogP contribution in [0.4, 0.5) is 5.82 Å². The van der Waals surface area contributed by atoms with Gasteiger partial charge in [-0.1, -0.05) is 6.92 Å². The normalized spacial score (nSPS) is 12.8. The van der Waals surface area contributed by atoms with Crippen LogP contribution in [0.15, 0.2) is 15.7 Å². The van der Waals surface area contributed by atoms with Crippen molar-refractivity contribution in [2.24, 2.45) is 0 Å². The van der Waals surface area contributed by atoms with E-state index in [4.69, 9.17) is 5.73 Å². The Kier molecular flexibility index (Phi) is 2.55. The fraction of sp³-hybridized carbons (Fsp3) is 0.500. The molecule has 0 amide bonds. The minimum absolute atomic E-state index is 0.00403. The van der Waals surface area contributed by atoms with Gasteiger partial charge in [0.2, 0.25) is 0 Å². The maximum Gasteiger partial charge on any atom is 0.330 e. The van der Waals surface area contributed by atoms with Gasteiger partial charge in [0.1, 0.15) is 5.82 Å². The van der Waals surface area contributed by atoms with Crippen molar-refractivity contribution in [2.75, 3.05) is 5.73 Å². The van der Waals surface area contributed by atoms with Crippen molar-refractivity contribution in [3.05, 3.63) is 26.9 Å². The van der Waals surface area contributed by atoms with Crippen molar-refractivity contribution < 1.29 is 0 Å². The molecule has 5 nitrogen and oxygen atoms in total. The topological polar surface area (TPSA) is 80.9 Å². The number of anilines is 1. The summed E-state index contributed by atoms with van der Waals surface area (Å²) in [5.74, 6) is 0.211. The lowest BCUT2D eigenvalue weighted by Gasteiger charge is -2.14. The third-order valence-electron chi connectivity index (χ3n) is 2.04. The van der Waals surface area contributed by atoms with Crippen molar-refractivity contribution in [1.82, 2.24) is 9.55 Å². The zero-order valence-corrected chi connectivity index (χ0v) is 7.70. The Morgan fingerprint density at radius 1 is 1.62 bits per heavy atom. The number of rotatable bonds is 2. The molecule has 1 rings (SSSR count). The van der Waals surface area contributed by atoms with Crippen LogP contribution in [0.3, 0.4) is 0 Å². The summed E-state index contributed by atoms with van der Waals surface area (Å²) >= 11 is 0. The standard InChI is InChI=1S/C8H13N3O2/c1-3-5(2)11-6(9)4-7(12)10-8(11)13/h4-5H,3,9H2,1-2H3,(H,10,12,13). The fourth-order valence-electron chi connectivity index (χ4n) is 1.16. The van der Waals surface area contributed by atoms with Gasteiger partial charge in [0.15, 0.2) is 0 Å². The molecule has 0 fully saturated rings. The van der Waals surface area contributed by atoms with Crippen LogP contribution >= 0.6 is 0 Å². The summed E-state index contributed by atoms with van der Waals surface area (Å²) in [6.07, 6.45) is 0.788. The highest BCUT2D eigenvalue weighted by molar-refractivity contribution is 5.26. The Balaban J connectivity index is 3.37. The molecule has 0 saturated carbocycles. The van der Waals surface area contributed by atoms with E-state index in [0.717, 1.165) is 6.42 Å². The molecule has 5 heteroatoms. The third kappa shape index (κ3) is 1.80. The van der Waals surface area contributed by atoms with Gasteiger partial charge in [0, 0.05) is 12.1 Å². The monoisotopic (exact) mass is 183 g/mol. The van der Waals surface area contributed by atoms with E-state index in [1.54, 1.807) is 0 Å². The van der Waals surface area contributed by atoms with Crippen LogP contribution < -0.4 is 17.0 Å². The number of H-pyrrole nitrogens is 1. The molecule has 0 saturated heterocycles. The summed E-state index contributed by atoms with van der Waals surface area (Å²) in [4.78, 5) is 24.3. The zero-order valence-electron chi connectivity index (χ0n) is 7.70. The van der Waals surface area contributed by atoms with Crippen LogP contribution in [0.5, 0.6) is 0 Å². The highest BCUT2D eigenvalue weighted by Crippen LogP contribution is 2.09. The van der Waals surface area contributed by atoms with Crippen molar-refractivity contribution in [1.29, 1.82) is 0 Å². The minimum Gasteiger partial charge on any atom is -0.385 e. The molecule has 0 aliphatic heterocycles. The van der Waals surface area contributed by atoms with E-state index in [1.807, 2.05) is 13.8 Å². The molecule has 3 N–H and O–H groups in total. The van der Waals surface area contributed by atoms with Crippen molar-refractivity contribution >= 4 is 5.82 Å². The molecule has 0 aliphatic rings. The van der Waals surface area contributed by atoms with Crippen LogP contribution in [-0.2, 0) is 0 Å². The molecule has 72 valence electrons. The Hall–Kier alpha value is -1.52. The van der Waals surface area contributed by atoms with E-state index < -0.39 is 11.2 Å². The number of nitrogens with zero attached hydrogens (tertiary/aromatic N) is 1. The Bertz CT molecular complexity index is 405. The van der Waals surface area contributed by atoms with Gasteiger partial charge < -0.3 is 5.73 Å². The molecule has 1 atom stereocenters. The second kappa shape index (κ2) is 3.47. The Labute approximate surface area is 75.2 Å².